The number of anilines is 5. The number of aromatic nitrogens is 2. The van der Waals surface area contributed by atoms with Crippen molar-refractivity contribution in [2.24, 2.45) is 20.0 Å². The molecule has 24 heteroatoms. The van der Waals surface area contributed by atoms with Gasteiger partial charge in [0.05, 0.1) is 36.7 Å². The summed E-state index contributed by atoms with van der Waals surface area (Å²) in [5.74, 6) is -2.42. The number of hydrogen-bond acceptors (Lipinski definition) is 14. The van der Waals surface area contributed by atoms with Gasteiger partial charge in [-0.3, -0.25) is 28.8 Å². The lowest BCUT2D eigenvalue weighted by Gasteiger charge is -2.42. The van der Waals surface area contributed by atoms with E-state index in [2.05, 4.69) is 38.5 Å². The van der Waals surface area contributed by atoms with E-state index in [1.807, 2.05) is 66.9 Å². The predicted octanol–water partition coefficient (Wildman–Crippen LogP) is 11.4. The van der Waals surface area contributed by atoms with E-state index in [0.717, 1.165) is 59.1 Å². The van der Waals surface area contributed by atoms with Crippen molar-refractivity contribution in [2.45, 2.75) is 109 Å². The van der Waals surface area contributed by atoms with Gasteiger partial charge in [0.25, 0.3) is 17.7 Å². The Kier molecular flexibility index (Phi) is 21.7. The zero-order valence-corrected chi connectivity index (χ0v) is 55.7. The van der Waals surface area contributed by atoms with Gasteiger partial charge in [-0.25, -0.2) is 14.5 Å². The number of nitrogens with one attached hydrogen (secondary N) is 6. The maximum absolute atomic E-state index is 14.4. The molecule has 8 amide bonds. The fraction of sp³-hybridized carbons (Fsp3) is 0.351. The van der Waals surface area contributed by atoms with Crippen molar-refractivity contribution in [3.63, 3.8) is 0 Å². The molecule has 24 nitrogen and oxygen atoms in total. The lowest BCUT2D eigenvalue weighted by atomic mass is 9.98. The maximum atomic E-state index is 14.4. The minimum absolute atomic E-state index is 0.0510. The predicted molar refractivity (Wildman–Crippen MR) is 369 cm³/mol. The summed E-state index contributed by atoms with van der Waals surface area (Å²) in [6.45, 7) is 9.89. The van der Waals surface area contributed by atoms with Crippen molar-refractivity contribution < 1.29 is 66.8 Å². The van der Waals surface area contributed by atoms with Crippen LogP contribution in [0.4, 0.5) is 38.0 Å². The highest BCUT2D eigenvalue weighted by atomic mass is 16.7. The molecule has 4 aliphatic rings. The number of carbonyl (C=O) groups is 8. The van der Waals surface area contributed by atoms with Gasteiger partial charge in [-0.15, -0.1) is 0 Å². The quantitative estimate of drug-likeness (QED) is 0.0242. The number of piperidine rings is 1. The highest BCUT2D eigenvalue weighted by molar-refractivity contribution is 6.07. The number of fused-ring (bicyclic) bond motifs is 5. The Hall–Kier alpha value is -10.7. The molecule has 5 aromatic carbocycles. The van der Waals surface area contributed by atoms with Gasteiger partial charge in [0, 0.05) is 80.7 Å². The van der Waals surface area contributed by atoms with Crippen LogP contribution >= 0.6 is 0 Å². The number of carbonyl (C=O) groups excluding carboxylic acids is 8. The SMILES string of the molecule is C=CCOC(=O)N1c2cc(OCCCC(=O)Nc3cc(C(=O)Nc4ccc(-c5cc(C(=O)Nc6ccc(NC(=O)[C@H](C)NC(=O)[C@@H](NC(=O)OCC7c8ccccc8-c8ccccc87)C(C)C)cc6)n(C)c5)cc4)n(C)c3)c(OC)cc2C(=O)N2CCCC[C@H]2C1OC1CCCCO1. The number of ether oxygens (including phenoxy) is 6. The first-order chi connectivity index (χ1) is 47.3. The molecule has 0 saturated carbocycles. The van der Waals surface area contributed by atoms with Crippen molar-refractivity contribution in [1.29, 1.82) is 0 Å². The van der Waals surface area contributed by atoms with Crippen molar-refractivity contribution in [3.8, 4) is 33.8 Å². The molecule has 5 heterocycles. The van der Waals surface area contributed by atoms with E-state index in [9.17, 15) is 38.4 Å². The number of aryl methyl sites for hydroxylation is 2. The van der Waals surface area contributed by atoms with Crippen LogP contribution in [0.15, 0.2) is 146 Å². The molecule has 2 fully saturated rings. The van der Waals surface area contributed by atoms with E-state index in [1.54, 1.807) is 109 Å². The van der Waals surface area contributed by atoms with E-state index < -0.39 is 60.6 Å². The second-order valence-corrected chi connectivity index (χ2v) is 25.1. The first-order valence-electron chi connectivity index (χ1n) is 33.0. The standard InChI is InChI=1S/C74H82N10O14/c1-8-34-96-74(92)84-59-40-63(62(93-7)39-56(59)71(90)83-33-15-13-22-58(83)72(84)98-65-24-14-16-35-95-65)94-36-17-23-64(85)76-51-38-61(82(6)42-51)69(88)78-48-27-25-46(26-28-48)47-37-60(81(5)41-47)68(87)79-50-31-29-49(30-32-50)77-67(86)45(4)75-70(89)66(44(2)3)80-73(91)97-43-57-54-20-11-9-18-52(54)53-19-10-12-21-55(53)57/h8-12,18-21,25-32,37-42,44-45,57-58,65-66,72H,1,13-17,22-24,33-36,43H2,2-7H3,(H,75,89)(H,76,85)(H,77,86)(H,78,88)(H,79,87)(H,80,91)/t45-,58-,65?,66-,72?/m0/s1. The second kappa shape index (κ2) is 31.0. The molecule has 6 N–H and O–H groups in total. The molecule has 2 saturated heterocycles. The van der Waals surface area contributed by atoms with E-state index in [-0.39, 0.29) is 90.7 Å². The summed E-state index contributed by atoms with van der Waals surface area (Å²) >= 11 is 0. The summed E-state index contributed by atoms with van der Waals surface area (Å²) < 4.78 is 39.2. The first kappa shape index (κ1) is 68.7. The Bertz CT molecular complexity index is 4070. The van der Waals surface area contributed by atoms with Crippen LogP contribution in [0.1, 0.15) is 121 Å². The van der Waals surface area contributed by atoms with Crippen molar-refractivity contribution in [2.75, 3.05) is 66.2 Å². The second-order valence-electron chi connectivity index (χ2n) is 25.1. The average Bonchev–Trinajstić information content (AvgIpc) is 1.63. The minimum Gasteiger partial charge on any atom is -0.493 e. The molecule has 7 aromatic rings. The van der Waals surface area contributed by atoms with Gasteiger partial charge in [0.2, 0.25) is 17.7 Å². The first-order valence-corrected chi connectivity index (χ1v) is 33.0. The number of rotatable bonds is 24. The molecule has 0 bridgehead atoms. The van der Waals surface area contributed by atoms with E-state index in [1.165, 1.54) is 25.0 Å². The summed E-state index contributed by atoms with van der Waals surface area (Å²) in [4.78, 5) is 112. The Balaban J connectivity index is 0.631. The number of amides is 8. The number of methoxy groups -OCH3 is 1. The van der Waals surface area contributed by atoms with Gasteiger partial charge in [0.1, 0.15) is 36.7 Å². The zero-order chi connectivity index (χ0) is 69.1. The monoisotopic (exact) mass is 1330 g/mol. The summed E-state index contributed by atoms with van der Waals surface area (Å²) in [7, 11) is 4.90. The van der Waals surface area contributed by atoms with Crippen LogP contribution < -0.4 is 46.3 Å². The third kappa shape index (κ3) is 15.7. The smallest absolute Gasteiger partial charge is 0.416 e. The topological polar surface area (TPSA) is 280 Å². The molecular formula is C74H82N10O14. The highest BCUT2D eigenvalue weighted by Gasteiger charge is 2.47. The summed E-state index contributed by atoms with van der Waals surface area (Å²) in [6, 6.07) is 33.7. The Morgan fingerprint density at radius 3 is 1.96 bits per heavy atom. The van der Waals surface area contributed by atoms with Crippen LogP contribution in [-0.2, 0) is 47.4 Å². The largest absolute Gasteiger partial charge is 0.493 e. The molecule has 512 valence electrons. The highest BCUT2D eigenvalue weighted by Crippen LogP contribution is 2.45. The summed E-state index contributed by atoms with van der Waals surface area (Å²) in [6.07, 6.45) is 6.91. The number of alkyl carbamates (subject to hydrolysis) is 1. The van der Waals surface area contributed by atoms with E-state index in [4.69, 9.17) is 28.4 Å². The minimum atomic E-state index is -0.981. The van der Waals surface area contributed by atoms with Gasteiger partial charge in [-0.1, -0.05) is 87.2 Å². The molecule has 98 heavy (non-hydrogen) atoms. The van der Waals surface area contributed by atoms with Crippen LogP contribution in [0.25, 0.3) is 22.3 Å². The van der Waals surface area contributed by atoms with E-state index >= 15 is 0 Å². The Labute approximate surface area is 568 Å². The van der Waals surface area contributed by atoms with Gasteiger partial charge in [-0.2, -0.15) is 0 Å². The normalized spacial score (nSPS) is 16.9. The fourth-order valence-corrected chi connectivity index (χ4v) is 12.8. The molecule has 0 spiro atoms. The molecule has 11 rings (SSSR count). The lowest BCUT2D eigenvalue weighted by molar-refractivity contribution is -0.198. The Morgan fingerprint density at radius 2 is 1.31 bits per heavy atom. The molecule has 5 atom stereocenters. The van der Waals surface area contributed by atoms with Gasteiger partial charge in [0.15, 0.2) is 24.0 Å². The molecule has 3 aliphatic heterocycles. The third-order valence-corrected chi connectivity index (χ3v) is 17.9. The lowest BCUT2D eigenvalue weighted by Crippen LogP contribution is -2.57. The van der Waals surface area contributed by atoms with Crippen molar-refractivity contribution >= 4 is 76.1 Å². The average molecular weight is 1340 g/mol. The Morgan fingerprint density at radius 1 is 0.663 bits per heavy atom. The van der Waals surface area contributed by atoms with E-state index in [0.29, 0.717) is 54.4 Å². The molecule has 0 radical (unpaired) electrons. The van der Waals surface area contributed by atoms with Crippen LogP contribution in [0.2, 0.25) is 0 Å². The molecule has 2 unspecified atom stereocenters. The van der Waals surface area contributed by atoms with Gasteiger partial charge < -0.3 is 74.4 Å². The molecule has 2 aromatic heterocycles. The van der Waals surface area contributed by atoms with Crippen molar-refractivity contribution in [1.82, 2.24) is 24.7 Å². The van der Waals surface area contributed by atoms with Crippen LogP contribution in [-0.4, -0.2) is 132 Å². The fourth-order valence-electron chi connectivity index (χ4n) is 12.8. The summed E-state index contributed by atoms with van der Waals surface area (Å²) in [5, 5.41) is 16.9. The number of hydrogen-bond donors (Lipinski definition) is 6. The van der Waals surface area contributed by atoms with Crippen LogP contribution in [0, 0.1) is 5.92 Å². The number of nitrogens with zero attached hydrogens (tertiary/aromatic N) is 4. The zero-order valence-electron chi connectivity index (χ0n) is 55.7. The summed E-state index contributed by atoms with van der Waals surface area (Å²) in [5.41, 5.74) is 8.77. The van der Waals surface area contributed by atoms with Gasteiger partial charge in [-0.05, 0) is 140 Å². The molecule has 1 aliphatic carbocycles. The van der Waals surface area contributed by atoms with Crippen LogP contribution in [0.5, 0.6) is 11.5 Å². The maximum Gasteiger partial charge on any atom is 0.416 e. The number of benzene rings is 5. The third-order valence-electron chi connectivity index (χ3n) is 17.9. The van der Waals surface area contributed by atoms with Crippen LogP contribution in [0.3, 0.4) is 0 Å². The van der Waals surface area contributed by atoms with Gasteiger partial charge >= 0.3 is 12.2 Å². The molecular weight excluding hydrogens is 1250 g/mol. The van der Waals surface area contributed by atoms with Crippen molar-refractivity contribution in [3.05, 3.63) is 174 Å².